The molecule has 1 atom stereocenters. The fraction of sp³-hybridized carbons (Fsp3) is 0.611. The highest BCUT2D eigenvalue weighted by molar-refractivity contribution is 5.79. The summed E-state index contributed by atoms with van der Waals surface area (Å²) < 4.78 is 11.1. The van der Waals surface area contributed by atoms with Gasteiger partial charge in [0.15, 0.2) is 5.96 Å². The Labute approximate surface area is 139 Å². The fourth-order valence-corrected chi connectivity index (χ4v) is 2.47. The van der Waals surface area contributed by atoms with Gasteiger partial charge in [0.25, 0.3) is 0 Å². The first-order chi connectivity index (χ1) is 11.3. The van der Waals surface area contributed by atoms with Crippen molar-refractivity contribution in [2.75, 3.05) is 32.9 Å². The zero-order valence-corrected chi connectivity index (χ0v) is 14.3. The molecule has 2 N–H and O–H groups in total. The van der Waals surface area contributed by atoms with Gasteiger partial charge in [0.1, 0.15) is 0 Å². The Morgan fingerprint density at radius 2 is 2.22 bits per heavy atom. The van der Waals surface area contributed by atoms with E-state index in [2.05, 4.69) is 53.7 Å². The lowest BCUT2D eigenvalue weighted by Crippen LogP contribution is -2.38. The molecule has 0 radical (unpaired) electrons. The molecule has 2 rings (SSSR count). The lowest BCUT2D eigenvalue weighted by atomic mass is 10.1. The van der Waals surface area contributed by atoms with Crippen molar-refractivity contribution < 1.29 is 9.47 Å². The molecule has 0 aliphatic carbocycles. The molecule has 1 aliphatic rings. The normalized spacial score (nSPS) is 18.2. The molecule has 0 saturated carbocycles. The minimum absolute atomic E-state index is 0.290. The van der Waals surface area contributed by atoms with Crippen molar-refractivity contribution in [2.45, 2.75) is 39.3 Å². The van der Waals surface area contributed by atoms with Crippen LogP contribution in [0.5, 0.6) is 0 Å². The summed E-state index contributed by atoms with van der Waals surface area (Å²) in [5.74, 6) is 0.861. The van der Waals surface area contributed by atoms with Crippen LogP contribution in [-0.2, 0) is 16.0 Å². The van der Waals surface area contributed by atoms with Crippen molar-refractivity contribution in [3.05, 3.63) is 35.4 Å². The minimum atomic E-state index is 0.290. The third-order valence-electron chi connectivity index (χ3n) is 3.87. The van der Waals surface area contributed by atoms with Gasteiger partial charge in [-0.2, -0.15) is 0 Å². The summed E-state index contributed by atoms with van der Waals surface area (Å²) in [6.45, 7) is 8.94. The van der Waals surface area contributed by atoms with Gasteiger partial charge in [-0.15, -0.1) is 0 Å². The summed E-state index contributed by atoms with van der Waals surface area (Å²) in [6, 6.07) is 8.36. The SMILES string of the molecule is CCNC(=NCc1ccccc1C)NCCCOC1CCOC1. The summed E-state index contributed by atoms with van der Waals surface area (Å²) in [7, 11) is 0. The molecule has 1 aromatic rings. The number of aliphatic imine (C=N–C) groups is 1. The highest BCUT2D eigenvalue weighted by Crippen LogP contribution is 2.08. The Balaban J connectivity index is 1.70. The standard InChI is InChI=1S/C18H29N3O2/c1-3-19-18(21-13-16-8-5-4-7-15(16)2)20-10-6-11-23-17-9-12-22-14-17/h4-5,7-8,17H,3,6,9-14H2,1-2H3,(H2,19,20,21). The third-order valence-corrected chi connectivity index (χ3v) is 3.87. The predicted molar refractivity (Wildman–Crippen MR) is 93.8 cm³/mol. The van der Waals surface area contributed by atoms with E-state index in [0.717, 1.165) is 51.7 Å². The van der Waals surface area contributed by atoms with E-state index in [1.165, 1.54) is 11.1 Å². The van der Waals surface area contributed by atoms with Crippen molar-refractivity contribution in [3.8, 4) is 0 Å². The van der Waals surface area contributed by atoms with Crippen molar-refractivity contribution >= 4 is 5.96 Å². The second-order valence-electron chi connectivity index (χ2n) is 5.76. The number of ether oxygens (including phenoxy) is 2. The van der Waals surface area contributed by atoms with Gasteiger partial charge in [-0.1, -0.05) is 24.3 Å². The van der Waals surface area contributed by atoms with Crippen molar-refractivity contribution in [1.82, 2.24) is 10.6 Å². The molecule has 1 aromatic carbocycles. The molecule has 1 saturated heterocycles. The first-order valence-corrected chi connectivity index (χ1v) is 8.55. The van der Waals surface area contributed by atoms with Crippen LogP contribution in [0, 0.1) is 6.92 Å². The van der Waals surface area contributed by atoms with Gasteiger partial charge in [-0.3, -0.25) is 0 Å². The van der Waals surface area contributed by atoms with E-state index in [1.54, 1.807) is 0 Å². The average Bonchev–Trinajstić information content (AvgIpc) is 3.07. The Morgan fingerprint density at radius 1 is 1.35 bits per heavy atom. The Hall–Kier alpha value is -1.59. The molecular formula is C18H29N3O2. The Bertz CT molecular complexity index is 485. The van der Waals surface area contributed by atoms with Crippen LogP contribution >= 0.6 is 0 Å². The highest BCUT2D eigenvalue weighted by Gasteiger charge is 2.15. The predicted octanol–water partition coefficient (Wildman–Crippen LogP) is 2.25. The first-order valence-electron chi connectivity index (χ1n) is 8.55. The second kappa shape index (κ2) is 10.2. The maximum absolute atomic E-state index is 5.76. The molecule has 1 unspecified atom stereocenters. The molecule has 128 valence electrons. The molecule has 23 heavy (non-hydrogen) atoms. The smallest absolute Gasteiger partial charge is 0.191 e. The molecule has 0 aromatic heterocycles. The number of hydrogen-bond donors (Lipinski definition) is 2. The van der Waals surface area contributed by atoms with Gasteiger partial charge in [0.05, 0.1) is 19.3 Å². The number of hydrogen-bond acceptors (Lipinski definition) is 3. The quantitative estimate of drug-likeness (QED) is 0.438. The molecule has 0 amide bonds. The van der Waals surface area contributed by atoms with Gasteiger partial charge >= 0.3 is 0 Å². The van der Waals surface area contributed by atoms with Crippen LogP contribution in [0.25, 0.3) is 0 Å². The summed E-state index contributed by atoms with van der Waals surface area (Å²) in [4.78, 5) is 4.65. The lowest BCUT2D eigenvalue weighted by Gasteiger charge is -2.13. The molecule has 0 bridgehead atoms. The topological polar surface area (TPSA) is 54.9 Å². The Kier molecular flexibility index (Phi) is 7.90. The van der Waals surface area contributed by atoms with E-state index in [1.807, 2.05) is 0 Å². The monoisotopic (exact) mass is 319 g/mol. The van der Waals surface area contributed by atoms with Gasteiger partial charge in [-0.25, -0.2) is 4.99 Å². The molecule has 1 aliphatic heterocycles. The van der Waals surface area contributed by atoms with Crippen LogP contribution in [0.1, 0.15) is 30.9 Å². The average molecular weight is 319 g/mol. The van der Waals surface area contributed by atoms with Crippen LogP contribution in [0.15, 0.2) is 29.3 Å². The maximum atomic E-state index is 5.76. The fourth-order valence-electron chi connectivity index (χ4n) is 2.47. The van der Waals surface area contributed by atoms with Crippen LogP contribution in [0.3, 0.4) is 0 Å². The summed E-state index contributed by atoms with van der Waals surface area (Å²) in [6.07, 6.45) is 2.28. The first kappa shape index (κ1) is 17.8. The summed E-state index contributed by atoms with van der Waals surface area (Å²) >= 11 is 0. The molecular weight excluding hydrogens is 290 g/mol. The van der Waals surface area contributed by atoms with E-state index < -0.39 is 0 Å². The molecule has 5 heteroatoms. The van der Waals surface area contributed by atoms with E-state index in [9.17, 15) is 0 Å². The van der Waals surface area contributed by atoms with Crippen LogP contribution in [0.4, 0.5) is 0 Å². The largest absolute Gasteiger partial charge is 0.379 e. The number of rotatable bonds is 8. The van der Waals surface area contributed by atoms with Crippen molar-refractivity contribution in [1.29, 1.82) is 0 Å². The van der Waals surface area contributed by atoms with E-state index >= 15 is 0 Å². The van der Waals surface area contributed by atoms with Gasteiger partial charge in [0.2, 0.25) is 0 Å². The highest BCUT2D eigenvalue weighted by atomic mass is 16.5. The Morgan fingerprint density at radius 3 is 2.96 bits per heavy atom. The molecule has 1 fully saturated rings. The number of nitrogens with one attached hydrogen (secondary N) is 2. The molecule has 0 spiro atoms. The zero-order valence-electron chi connectivity index (χ0n) is 14.3. The summed E-state index contributed by atoms with van der Waals surface area (Å²) in [5, 5.41) is 6.65. The van der Waals surface area contributed by atoms with Crippen LogP contribution in [-0.4, -0.2) is 45.0 Å². The number of benzene rings is 1. The third kappa shape index (κ3) is 6.59. The van der Waals surface area contributed by atoms with E-state index in [0.29, 0.717) is 6.54 Å². The van der Waals surface area contributed by atoms with E-state index in [-0.39, 0.29) is 6.10 Å². The molecule has 1 heterocycles. The zero-order chi connectivity index (χ0) is 16.3. The lowest BCUT2D eigenvalue weighted by molar-refractivity contribution is 0.0420. The number of nitrogens with zero attached hydrogens (tertiary/aromatic N) is 1. The summed E-state index contributed by atoms with van der Waals surface area (Å²) in [5.41, 5.74) is 2.54. The van der Waals surface area contributed by atoms with E-state index in [4.69, 9.17) is 9.47 Å². The minimum Gasteiger partial charge on any atom is -0.379 e. The number of aryl methyl sites for hydroxylation is 1. The van der Waals surface area contributed by atoms with Crippen LogP contribution in [0.2, 0.25) is 0 Å². The van der Waals surface area contributed by atoms with Gasteiger partial charge in [0, 0.05) is 26.3 Å². The van der Waals surface area contributed by atoms with Crippen molar-refractivity contribution in [2.24, 2.45) is 4.99 Å². The van der Waals surface area contributed by atoms with Crippen LogP contribution < -0.4 is 10.6 Å². The molecule has 5 nitrogen and oxygen atoms in total. The van der Waals surface area contributed by atoms with Gasteiger partial charge in [-0.05, 0) is 37.8 Å². The van der Waals surface area contributed by atoms with Gasteiger partial charge < -0.3 is 20.1 Å². The maximum Gasteiger partial charge on any atom is 0.191 e. The van der Waals surface area contributed by atoms with Crippen molar-refractivity contribution in [3.63, 3.8) is 0 Å². The number of guanidine groups is 1. The second-order valence-corrected chi connectivity index (χ2v) is 5.76.